The van der Waals surface area contributed by atoms with Gasteiger partial charge in [-0.3, -0.25) is 0 Å². The fraction of sp³-hybridized carbons (Fsp3) is 0.364. The van der Waals surface area contributed by atoms with E-state index in [2.05, 4.69) is 26.7 Å². The Kier molecular flexibility index (Phi) is 13.1. The molecule has 0 fully saturated rings. The summed E-state index contributed by atoms with van der Waals surface area (Å²) in [5.41, 5.74) is 3.36. The minimum atomic E-state index is -1.04. The molecule has 2 aromatic carbocycles. The van der Waals surface area contributed by atoms with Crippen LogP contribution in [0.3, 0.4) is 0 Å². The summed E-state index contributed by atoms with van der Waals surface area (Å²) in [7, 11) is 0. The van der Waals surface area contributed by atoms with Gasteiger partial charge in [0.15, 0.2) is 0 Å². The van der Waals surface area contributed by atoms with E-state index in [0.717, 1.165) is 36.8 Å². The molecule has 2 unspecified atom stereocenters. The Hall–Kier alpha value is -3.97. The van der Waals surface area contributed by atoms with Gasteiger partial charge in [0, 0.05) is 11.5 Å². The number of aryl methyl sites for hydroxylation is 2. The number of carbonyl (C=O) groups excluding carboxylic acids is 1. The van der Waals surface area contributed by atoms with Gasteiger partial charge in [-0.1, -0.05) is 51.5 Å². The molecule has 0 amide bonds. The first-order chi connectivity index (χ1) is 19.2. The minimum absolute atomic E-state index is 0.0981. The highest BCUT2D eigenvalue weighted by Crippen LogP contribution is 2.41. The van der Waals surface area contributed by atoms with Crippen LogP contribution in [-0.2, 0) is 9.47 Å². The van der Waals surface area contributed by atoms with E-state index in [-0.39, 0.29) is 18.3 Å². The normalized spacial score (nSPS) is 12.9. The number of unbranched alkanes of at least 4 members (excludes halogenated alkanes) is 2. The van der Waals surface area contributed by atoms with Crippen LogP contribution in [0.25, 0.3) is 5.57 Å². The van der Waals surface area contributed by atoms with Crippen LogP contribution in [0.4, 0.5) is 4.79 Å². The van der Waals surface area contributed by atoms with Crippen molar-refractivity contribution in [2.45, 2.75) is 65.4 Å². The maximum absolute atomic E-state index is 12.0. The van der Waals surface area contributed by atoms with Gasteiger partial charge in [0.1, 0.15) is 17.3 Å². The van der Waals surface area contributed by atoms with Crippen LogP contribution < -0.4 is 9.47 Å². The topological polar surface area (TPSA) is 94.5 Å². The van der Waals surface area contributed by atoms with Gasteiger partial charge in [-0.15, -0.1) is 6.58 Å². The molecule has 0 aliphatic rings. The Morgan fingerprint density at radius 1 is 0.925 bits per heavy atom. The van der Waals surface area contributed by atoms with Crippen LogP contribution in [0.5, 0.6) is 11.5 Å². The minimum Gasteiger partial charge on any atom is -0.508 e. The monoisotopic (exact) mass is 550 g/mol. The summed E-state index contributed by atoms with van der Waals surface area (Å²) < 4.78 is 21.7. The molecule has 0 saturated heterocycles. The third kappa shape index (κ3) is 9.06. The molecule has 0 saturated carbocycles. The molecule has 0 heterocycles. The molecule has 2 atom stereocenters. The van der Waals surface area contributed by atoms with Gasteiger partial charge in [-0.25, -0.2) is 4.79 Å². The highest BCUT2D eigenvalue weighted by Gasteiger charge is 2.29. The van der Waals surface area contributed by atoms with Crippen LogP contribution in [0, 0.1) is 13.8 Å². The Morgan fingerprint density at radius 2 is 1.52 bits per heavy atom. The SMILES string of the molecule is C=C/C(O)=C(\c1ccc(OC(=O)OCCCC)cc1C)C(c1ccc(OC(=C)OCCCC)cc1C)C(O)C=C. The molecule has 0 spiro atoms. The van der Waals surface area contributed by atoms with Crippen molar-refractivity contribution in [3.8, 4) is 11.5 Å². The molecule has 0 radical (unpaired) electrons. The molecule has 40 heavy (non-hydrogen) atoms. The second-order valence-corrected chi connectivity index (χ2v) is 9.43. The van der Waals surface area contributed by atoms with E-state index in [0.29, 0.717) is 34.8 Å². The first kappa shape index (κ1) is 32.2. The number of aliphatic hydroxyl groups is 2. The summed E-state index contributed by atoms with van der Waals surface area (Å²) in [4.78, 5) is 12.0. The van der Waals surface area contributed by atoms with Gasteiger partial charge in [0.05, 0.1) is 19.3 Å². The number of benzene rings is 2. The first-order valence-corrected chi connectivity index (χ1v) is 13.6. The van der Waals surface area contributed by atoms with E-state index in [1.165, 1.54) is 12.2 Å². The molecule has 0 aliphatic carbocycles. The second-order valence-electron chi connectivity index (χ2n) is 9.43. The number of hydrogen-bond acceptors (Lipinski definition) is 7. The molecule has 0 aliphatic heterocycles. The van der Waals surface area contributed by atoms with Crippen molar-refractivity contribution in [3.63, 3.8) is 0 Å². The van der Waals surface area contributed by atoms with E-state index >= 15 is 0 Å². The molecule has 2 N–H and O–H groups in total. The van der Waals surface area contributed by atoms with Crippen LogP contribution in [0.15, 0.2) is 80.0 Å². The Labute approximate surface area is 238 Å². The molecular formula is C33H42O7. The van der Waals surface area contributed by atoms with Gasteiger partial charge in [0.25, 0.3) is 5.95 Å². The number of rotatable bonds is 16. The third-order valence-corrected chi connectivity index (χ3v) is 6.34. The summed E-state index contributed by atoms with van der Waals surface area (Å²) in [5.74, 6) is 0.258. The zero-order valence-electron chi connectivity index (χ0n) is 24.1. The molecule has 7 nitrogen and oxygen atoms in total. The van der Waals surface area contributed by atoms with E-state index in [9.17, 15) is 15.0 Å². The standard InChI is InChI=1S/C33H42O7/c1-8-12-18-37-24(7)39-25-14-16-27(22(5)20-25)31(29(34)10-3)32(30(35)11-4)28-17-15-26(21-23(28)6)40-33(36)38-19-13-9-2/h10-11,14-17,20-21,29,31,34-35H,3-4,7-9,12-13,18-19H2,1-2,5-6H3/b32-30-. The van der Waals surface area contributed by atoms with Crippen LogP contribution in [0.1, 0.15) is 67.7 Å². The summed E-state index contributed by atoms with van der Waals surface area (Å²) in [6, 6.07) is 10.4. The summed E-state index contributed by atoms with van der Waals surface area (Å²) in [6.07, 6.45) is 4.49. The average molecular weight is 551 g/mol. The first-order valence-electron chi connectivity index (χ1n) is 13.6. The van der Waals surface area contributed by atoms with Crippen molar-refractivity contribution in [1.29, 1.82) is 0 Å². The highest BCUT2D eigenvalue weighted by molar-refractivity contribution is 5.78. The number of allylic oxidation sites excluding steroid dienone is 1. The average Bonchev–Trinajstić information content (AvgIpc) is 2.92. The van der Waals surface area contributed by atoms with Crippen LogP contribution in [0.2, 0.25) is 0 Å². The highest BCUT2D eigenvalue weighted by atomic mass is 16.7. The Morgan fingerprint density at radius 3 is 2.10 bits per heavy atom. The van der Waals surface area contributed by atoms with Gasteiger partial charge in [0.2, 0.25) is 0 Å². The predicted octanol–water partition coefficient (Wildman–Crippen LogP) is 8.07. The van der Waals surface area contributed by atoms with Crippen LogP contribution in [-0.4, -0.2) is 35.7 Å². The Bertz CT molecular complexity index is 1210. The molecule has 0 bridgehead atoms. The van der Waals surface area contributed by atoms with Crippen LogP contribution >= 0.6 is 0 Å². The maximum atomic E-state index is 12.0. The summed E-state index contributed by atoms with van der Waals surface area (Å²) in [5, 5.41) is 22.2. The fourth-order valence-corrected chi connectivity index (χ4v) is 4.20. The molecule has 2 rings (SSSR count). The van der Waals surface area contributed by atoms with E-state index in [4.69, 9.17) is 18.9 Å². The number of hydrogen-bond donors (Lipinski definition) is 2. The van der Waals surface area contributed by atoms with Crippen molar-refractivity contribution in [1.82, 2.24) is 0 Å². The zero-order chi connectivity index (χ0) is 29.7. The lowest BCUT2D eigenvalue weighted by molar-refractivity contribution is 0.0978. The van der Waals surface area contributed by atoms with Crippen molar-refractivity contribution in [3.05, 3.63) is 102 Å². The second kappa shape index (κ2) is 16.2. The van der Waals surface area contributed by atoms with Crippen molar-refractivity contribution in [2.24, 2.45) is 0 Å². The molecule has 0 aromatic heterocycles. The molecule has 7 heteroatoms. The van der Waals surface area contributed by atoms with E-state index in [1.807, 2.05) is 32.9 Å². The van der Waals surface area contributed by atoms with E-state index in [1.54, 1.807) is 24.3 Å². The van der Waals surface area contributed by atoms with Crippen molar-refractivity contribution in [2.75, 3.05) is 13.2 Å². The van der Waals surface area contributed by atoms with E-state index < -0.39 is 18.2 Å². The molecular weight excluding hydrogens is 508 g/mol. The lowest BCUT2D eigenvalue weighted by Gasteiger charge is -2.28. The number of ether oxygens (including phenoxy) is 4. The molecule has 216 valence electrons. The van der Waals surface area contributed by atoms with Gasteiger partial charge >= 0.3 is 6.16 Å². The zero-order valence-corrected chi connectivity index (χ0v) is 24.1. The van der Waals surface area contributed by atoms with Gasteiger partial charge in [-0.2, -0.15) is 0 Å². The van der Waals surface area contributed by atoms with Gasteiger partial charge < -0.3 is 29.2 Å². The lowest BCUT2D eigenvalue weighted by Crippen LogP contribution is -2.20. The Balaban J connectivity index is 2.44. The van der Waals surface area contributed by atoms with Gasteiger partial charge in [-0.05, 0) is 85.9 Å². The fourth-order valence-electron chi connectivity index (χ4n) is 4.20. The van der Waals surface area contributed by atoms with Crippen molar-refractivity contribution < 1.29 is 34.0 Å². The quantitative estimate of drug-likeness (QED) is 0.0545. The smallest absolute Gasteiger partial charge is 0.508 e. The predicted molar refractivity (Wildman–Crippen MR) is 159 cm³/mol. The maximum Gasteiger partial charge on any atom is 0.513 e. The lowest BCUT2D eigenvalue weighted by atomic mass is 9.79. The summed E-state index contributed by atoms with van der Waals surface area (Å²) >= 11 is 0. The van der Waals surface area contributed by atoms with Crippen molar-refractivity contribution >= 4 is 11.7 Å². The number of carbonyl (C=O) groups is 1. The number of aliphatic hydroxyl groups excluding tert-OH is 2. The summed E-state index contributed by atoms with van der Waals surface area (Å²) in [6.45, 7) is 20.0. The molecule has 2 aromatic rings. The largest absolute Gasteiger partial charge is 0.513 e. The third-order valence-electron chi connectivity index (χ3n) is 6.34.